The quantitative estimate of drug-likeness (QED) is 0.274. The number of halogens is 2. The van der Waals surface area contributed by atoms with Gasteiger partial charge in [0.25, 0.3) is 5.56 Å². The van der Waals surface area contributed by atoms with Crippen molar-refractivity contribution >= 4 is 50.3 Å². The van der Waals surface area contributed by atoms with E-state index in [2.05, 4.69) is 26.0 Å². The number of anilines is 1. The van der Waals surface area contributed by atoms with Gasteiger partial charge in [0, 0.05) is 52.9 Å². The van der Waals surface area contributed by atoms with Crippen molar-refractivity contribution in [2.45, 2.75) is 20.0 Å². The first kappa shape index (κ1) is 24.0. The fourth-order valence-corrected chi connectivity index (χ4v) is 4.02. The van der Waals surface area contributed by atoms with Crippen molar-refractivity contribution in [2.24, 2.45) is 5.10 Å². The average molecular weight is 540 g/mol. The van der Waals surface area contributed by atoms with Gasteiger partial charge in [-0.15, -0.1) is 0 Å². The van der Waals surface area contributed by atoms with Crippen molar-refractivity contribution in [1.82, 2.24) is 9.66 Å². The Hall–Kier alpha value is -3.16. The Kier molecular flexibility index (Phi) is 7.34. The number of ether oxygens (including phenoxy) is 1. The fraction of sp³-hybridized carbons (Fsp3) is 0.192. The normalized spacial score (nSPS) is 11.3. The molecule has 0 fully saturated rings. The minimum absolute atomic E-state index is 0.220. The molecule has 34 heavy (non-hydrogen) atoms. The fourth-order valence-electron chi connectivity index (χ4n) is 3.47. The number of aryl methyl sites for hydroxylation is 1. The van der Waals surface area contributed by atoms with Crippen LogP contribution in [0.2, 0.25) is 5.02 Å². The first-order valence-corrected chi connectivity index (χ1v) is 12.0. The SMILES string of the molecule is CCc1nc2ccc(Br)cc2c(=O)n1N=Cc1ccc(N(C)C)cc1OCc1ccccc1Cl. The molecule has 1 aromatic heterocycles. The maximum Gasteiger partial charge on any atom is 0.282 e. The summed E-state index contributed by atoms with van der Waals surface area (Å²) in [5, 5.41) is 5.67. The predicted octanol–water partition coefficient (Wildman–Crippen LogP) is 5.90. The summed E-state index contributed by atoms with van der Waals surface area (Å²) in [5.41, 5.74) is 3.03. The summed E-state index contributed by atoms with van der Waals surface area (Å²) in [5.74, 6) is 1.22. The standard InChI is InChI=1S/C26H24BrClN4O2/c1-4-25-30-23-12-10-19(27)13-21(23)26(33)32(25)29-15-17-9-11-20(31(2)3)14-24(17)34-16-18-7-5-6-8-22(18)28/h5-15H,4,16H2,1-3H3. The molecule has 0 amide bonds. The highest BCUT2D eigenvalue weighted by atomic mass is 79.9. The highest BCUT2D eigenvalue weighted by Crippen LogP contribution is 2.26. The maximum absolute atomic E-state index is 13.2. The molecule has 4 rings (SSSR count). The van der Waals surface area contributed by atoms with Crippen LogP contribution in [-0.4, -0.2) is 30.0 Å². The van der Waals surface area contributed by atoms with Crippen LogP contribution in [0.15, 0.2) is 75.0 Å². The Morgan fingerprint density at radius 3 is 2.68 bits per heavy atom. The van der Waals surface area contributed by atoms with E-state index in [1.54, 1.807) is 12.3 Å². The first-order chi connectivity index (χ1) is 16.4. The Bertz CT molecular complexity index is 1430. The lowest BCUT2D eigenvalue weighted by Gasteiger charge is -2.16. The van der Waals surface area contributed by atoms with Crippen LogP contribution in [0.3, 0.4) is 0 Å². The highest BCUT2D eigenvalue weighted by molar-refractivity contribution is 9.10. The van der Waals surface area contributed by atoms with Gasteiger partial charge in [-0.3, -0.25) is 4.79 Å². The van der Waals surface area contributed by atoms with Gasteiger partial charge < -0.3 is 9.64 Å². The zero-order valence-corrected chi connectivity index (χ0v) is 21.5. The van der Waals surface area contributed by atoms with Crippen molar-refractivity contribution in [1.29, 1.82) is 0 Å². The zero-order valence-electron chi connectivity index (χ0n) is 19.1. The molecule has 0 saturated heterocycles. The molecule has 0 N–H and O–H groups in total. The second kappa shape index (κ2) is 10.4. The minimum atomic E-state index is -0.220. The first-order valence-electron chi connectivity index (χ1n) is 10.8. The van der Waals surface area contributed by atoms with E-state index in [1.807, 2.05) is 80.5 Å². The van der Waals surface area contributed by atoms with Crippen molar-refractivity contribution in [2.75, 3.05) is 19.0 Å². The van der Waals surface area contributed by atoms with Gasteiger partial charge in [-0.1, -0.05) is 52.7 Å². The lowest BCUT2D eigenvalue weighted by molar-refractivity contribution is 0.306. The number of rotatable bonds is 7. The molecule has 0 unspecified atom stereocenters. The van der Waals surface area contributed by atoms with Gasteiger partial charge in [0.15, 0.2) is 0 Å². The molecule has 6 nitrogen and oxygen atoms in total. The van der Waals surface area contributed by atoms with E-state index in [9.17, 15) is 4.79 Å². The molecule has 0 atom stereocenters. The lowest BCUT2D eigenvalue weighted by Crippen LogP contribution is -2.22. The van der Waals surface area contributed by atoms with Gasteiger partial charge in [0.1, 0.15) is 18.2 Å². The maximum atomic E-state index is 13.2. The summed E-state index contributed by atoms with van der Waals surface area (Å²) in [6.07, 6.45) is 2.20. The van der Waals surface area contributed by atoms with Crippen molar-refractivity contribution in [3.8, 4) is 5.75 Å². The third-order valence-corrected chi connectivity index (χ3v) is 6.22. The molecule has 0 aliphatic heterocycles. The van der Waals surface area contributed by atoms with Crippen LogP contribution in [0.1, 0.15) is 23.9 Å². The Labute approximate surface area is 211 Å². The Morgan fingerprint density at radius 2 is 1.94 bits per heavy atom. The number of benzene rings is 3. The summed E-state index contributed by atoms with van der Waals surface area (Å²) >= 11 is 9.73. The summed E-state index contributed by atoms with van der Waals surface area (Å²) in [6.45, 7) is 2.26. The topological polar surface area (TPSA) is 59.7 Å². The lowest BCUT2D eigenvalue weighted by atomic mass is 10.2. The second-order valence-corrected chi connectivity index (χ2v) is 9.22. The van der Waals surface area contributed by atoms with E-state index >= 15 is 0 Å². The van der Waals surface area contributed by atoms with Crippen molar-refractivity contribution < 1.29 is 4.74 Å². The van der Waals surface area contributed by atoms with Gasteiger partial charge in [0.2, 0.25) is 0 Å². The van der Waals surface area contributed by atoms with Crippen LogP contribution in [0.25, 0.3) is 10.9 Å². The summed E-state index contributed by atoms with van der Waals surface area (Å²) in [4.78, 5) is 19.8. The third kappa shape index (κ3) is 5.16. The second-order valence-electron chi connectivity index (χ2n) is 7.90. The molecule has 174 valence electrons. The molecule has 0 radical (unpaired) electrons. The molecular formula is C26H24BrClN4O2. The highest BCUT2D eigenvalue weighted by Gasteiger charge is 2.11. The number of fused-ring (bicyclic) bond motifs is 1. The zero-order chi connectivity index (χ0) is 24.2. The summed E-state index contributed by atoms with van der Waals surface area (Å²) in [7, 11) is 3.93. The van der Waals surface area contributed by atoms with E-state index in [0.717, 1.165) is 21.3 Å². The van der Waals surface area contributed by atoms with Crippen LogP contribution in [-0.2, 0) is 13.0 Å². The van der Waals surface area contributed by atoms with Gasteiger partial charge >= 0.3 is 0 Å². The average Bonchev–Trinajstić information content (AvgIpc) is 2.83. The van der Waals surface area contributed by atoms with Crippen LogP contribution in [0, 0.1) is 0 Å². The number of hydrogen-bond acceptors (Lipinski definition) is 5. The molecular weight excluding hydrogens is 516 g/mol. The molecule has 0 spiro atoms. The van der Waals surface area contributed by atoms with E-state index in [0.29, 0.717) is 40.5 Å². The Morgan fingerprint density at radius 1 is 1.15 bits per heavy atom. The van der Waals surface area contributed by atoms with Crippen LogP contribution < -0.4 is 15.2 Å². The largest absolute Gasteiger partial charge is 0.488 e. The monoisotopic (exact) mass is 538 g/mol. The van der Waals surface area contributed by atoms with E-state index in [-0.39, 0.29) is 5.56 Å². The van der Waals surface area contributed by atoms with Crippen molar-refractivity contribution in [3.63, 3.8) is 0 Å². The van der Waals surface area contributed by atoms with Crippen LogP contribution >= 0.6 is 27.5 Å². The summed E-state index contributed by atoms with van der Waals surface area (Å²) < 4.78 is 8.31. The van der Waals surface area contributed by atoms with Crippen LogP contribution in [0.5, 0.6) is 5.75 Å². The van der Waals surface area contributed by atoms with E-state index < -0.39 is 0 Å². The van der Waals surface area contributed by atoms with Gasteiger partial charge in [-0.05, 0) is 36.4 Å². The molecule has 1 heterocycles. The minimum Gasteiger partial charge on any atom is -0.488 e. The van der Waals surface area contributed by atoms with Crippen molar-refractivity contribution in [3.05, 3.63) is 97.5 Å². The van der Waals surface area contributed by atoms with Gasteiger partial charge in [0.05, 0.1) is 17.1 Å². The molecule has 0 aliphatic carbocycles. The third-order valence-electron chi connectivity index (χ3n) is 5.36. The number of aromatic nitrogens is 2. The number of nitrogens with zero attached hydrogens (tertiary/aromatic N) is 4. The van der Waals surface area contributed by atoms with Crippen LogP contribution in [0.4, 0.5) is 5.69 Å². The molecule has 4 aromatic rings. The van der Waals surface area contributed by atoms with E-state index in [4.69, 9.17) is 16.3 Å². The van der Waals surface area contributed by atoms with Gasteiger partial charge in [-0.25, -0.2) is 4.98 Å². The molecule has 0 bridgehead atoms. The predicted molar refractivity (Wildman–Crippen MR) is 143 cm³/mol. The smallest absolute Gasteiger partial charge is 0.282 e. The molecule has 8 heteroatoms. The number of hydrogen-bond donors (Lipinski definition) is 0. The van der Waals surface area contributed by atoms with Gasteiger partial charge in [-0.2, -0.15) is 9.78 Å². The molecule has 0 aliphatic rings. The summed E-state index contributed by atoms with van der Waals surface area (Å²) in [6, 6.07) is 18.9. The van der Waals surface area contributed by atoms with E-state index in [1.165, 1.54) is 4.68 Å². The molecule has 0 saturated carbocycles. The molecule has 3 aromatic carbocycles. The Balaban J connectivity index is 1.74.